The normalized spacial score (nSPS) is 10.0. The fraction of sp³-hybridized carbons (Fsp3) is 0.167. The maximum absolute atomic E-state index is 3.03. The molecule has 0 aliphatic rings. The first-order valence-electron chi connectivity index (χ1n) is 4.85. The highest BCUT2D eigenvalue weighted by atomic mass is 14.6. The molecular weight excluding hydrogens is 172 g/mol. The van der Waals surface area contributed by atoms with E-state index in [4.69, 9.17) is 0 Å². The summed E-state index contributed by atoms with van der Waals surface area (Å²) < 4.78 is 0. The lowest BCUT2D eigenvalue weighted by Crippen LogP contribution is -2.01. The van der Waals surface area contributed by atoms with Crippen molar-refractivity contribution in [3.8, 4) is 0 Å². The number of hydrogen-bond acceptors (Lipinski definition) is 0. The molecule has 2 N–H and O–H groups in total. The first kappa shape index (κ1) is 8.88. The zero-order valence-electron chi connectivity index (χ0n) is 8.03. The lowest BCUT2D eigenvalue weighted by atomic mass is 10.1. The van der Waals surface area contributed by atoms with E-state index in [1.165, 1.54) is 11.1 Å². The van der Waals surface area contributed by atoms with Gasteiger partial charge in [0.1, 0.15) is 0 Å². The third kappa shape index (κ3) is 2.39. The van der Waals surface area contributed by atoms with Crippen LogP contribution in [0, 0.1) is 0 Å². The Labute approximate surface area is 83.7 Å². The van der Waals surface area contributed by atoms with Crippen LogP contribution >= 0.6 is 0 Å². The van der Waals surface area contributed by atoms with E-state index in [2.05, 4.69) is 34.2 Å². The van der Waals surface area contributed by atoms with Crippen LogP contribution < -0.4 is 9.97 Å². The van der Waals surface area contributed by atoms with E-state index in [0.717, 1.165) is 12.8 Å². The molecule has 2 aromatic heterocycles. The largest absolute Gasteiger partial charge is 0.218 e. The van der Waals surface area contributed by atoms with E-state index in [9.17, 15) is 0 Å². The molecule has 0 saturated carbocycles. The summed E-state index contributed by atoms with van der Waals surface area (Å²) >= 11 is 0. The molecule has 0 unspecified atom stereocenters. The minimum absolute atomic E-state index is 1.10. The first-order valence-corrected chi connectivity index (χ1v) is 4.85. The van der Waals surface area contributed by atoms with Crippen LogP contribution in [0.25, 0.3) is 0 Å². The van der Waals surface area contributed by atoms with Crippen molar-refractivity contribution in [3.05, 3.63) is 60.2 Å². The van der Waals surface area contributed by atoms with Gasteiger partial charge in [0.25, 0.3) is 0 Å². The van der Waals surface area contributed by atoms with Crippen molar-refractivity contribution >= 4 is 0 Å². The molecule has 0 amide bonds. The Balaban J connectivity index is 1.96. The standard InChI is InChI=1S/C12H12N2/c1(11-3-7-13-8-4-11)2-12-5-9-14-10-6-12/h3-10H,1-2H2/p+2. The molecule has 2 heterocycles. The van der Waals surface area contributed by atoms with E-state index in [1.54, 1.807) is 0 Å². The monoisotopic (exact) mass is 186 g/mol. The van der Waals surface area contributed by atoms with Crippen molar-refractivity contribution in [2.45, 2.75) is 12.8 Å². The highest BCUT2D eigenvalue weighted by Gasteiger charge is 1.96. The van der Waals surface area contributed by atoms with Gasteiger partial charge in [0.15, 0.2) is 24.8 Å². The molecule has 0 radical (unpaired) electrons. The quantitative estimate of drug-likeness (QED) is 0.687. The number of H-pyrrole nitrogens is 2. The molecule has 70 valence electrons. The first-order chi connectivity index (χ1) is 6.95. The molecule has 0 aliphatic heterocycles. The van der Waals surface area contributed by atoms with Crippen molar-refractivity contribution in [3.63, 3.8) is 0 Å². The number of nitrogens with one attached hydrogen (secondary N) is 2. The zero-order chi connectivity index (χ0) is 9.64. The van der Waals surface area contributed by atoms with Crippen LogP contribution in [0.2, 0.25) is 0 Å². The fourth-order valence-electron chi connectivity index (χ4n) is 1.46. The van der Waals surface area contributed by atoms with Crippen LogP contribution in [0.15, 0.2) is 49.1 Å². The Morgan fingerprint density at radius 2 is 1.00 bits per heavy atom. The molecule has 2 aromatic rings. The van der Waals surface area contributed by atoms with E-state index in [1.807, 2.05) is 24.8 Å². The Morgan fingerprint density at radius 1 is 0.643 bits per heavy atom. The number of hydrogen-bond donors (Lipinski definition) is 0. The van der Waals surface area contributed by atoms with E-state index in [-0.39, 0.29) is 0 Å². The van der Waals surface area contributed by atoms with Crippen molar-refractivity contribution in [2.75, 3.05) is 0 Å². The second-order valence-electron chi connectivity index (χ2n) is 3.32. The Morgan fingerprint density at radius 3 is 1.36 bits per heavy atom. The van der Waals surface area contributed by atoms with Crippen molar-refractivity contribution < 1.29 is 9.97 Å². The van der Waals surface area contributed by atoms with Gasteiger partial charge in [-0.1, -0.05) is 0 Å². The van der Waals surface area contributed by atoms with Crippen LogP contribution in [0.3, 0.4) is 0 Å². The van der Waals surface area contributed by atoms with Crippen LogP contribution in [-0.4, -0.2) is 0 Å². The number of aromatic nitrogens is 2. The Bertz CT molecular complexity index is 331. The van der Waals surface area contributed by atoms with Crippen molar-refractivity contribution in [1.29, 1.82) is 0 Å². The minimum Gasteiger partial charge on any atom is -0.218 e. The third-order valence-corrected chi connectivity index (χ3v) is 2.28. The molecule has 0 aliphatic carbocycles. The molecule has 14 heavy (non-hydrogen) atoms. The highest BCUT2D eigenvalue weighted by molar-refractivity contribution is 5.13. The molecule has 0 bridgehead atoms. The van der Waals surface area contributed by atoms with Gasteiger partial charge < -0.3 is 0 Å². The van der Waals surface area contributed by atoms with Gasteiger partial charge in [-0.2, -0.15) is 0 Å². The predicted molar refractivity (Wildman–Crippen MR) is 53.4 cm³/mol. The van der Waals surface area contributed by atoms with Gasteiger partial charge in [0.2, 0.25) is 0 Å². The lowest BCUT2D eigenvalue weighted by Gasteiger charge is -1.97. The summed E-state index contributed by atoms with van der Waals surface area (Å²) in [5.41, 5.74) is 2.74. The maximum atomic E-state index is 3.03. The summed E-state index contributed by atoms with van der Waals surface area (Å²) in [6.07, 6.45) is 10.1. The number of aromatic amines is 2. The van der Waals surface area contributed by atoms with Gasteiger partial charge in [0, 0.05) is 24.3 Å². The van der Waals surface area contributed by atoms with E-state index < -0.39 is 0 Å². The minimum atomic E-state index is 1.10. The molecular formula is C12H14N2+2. The Kier molecular flexibility index (Phi) is 2.86. The van der Waals surface area contributed by atoms with E-state index in [0.29, 0.717) is 0 Å². The van der Waals surface area contributed by atoms with Gasteiger partial charge in [-0.3, -0.25) is 0 Å². The van der Waals surface area contributed by atoms with Crippen molar-refractivity contribution in [2.24, 2.45) is 0 Å². The van der Waals surface area contributed by atoms with Gasteiger partial charge in [-0.25, -0.2) is 9.97 Å². The summed E-state index contributed by atoms with van der Waals surface area (Å²) in [7, 11) is 0. The van der Waals surface area contributed by atoms with Crippen LogP contribution in [0.1, 0.15) is 11.1 Å². The SMILES string of the molecule is c1cc(CCc2cc[nH+]cc2)cc[nH+]1. The molecule has 0 atom stereocenters. The average Bonchev–Trinajstić information content (AvgIpc) is 2.29. The number of pyridine rings is 2. The molecule has 0 spiro atoms. The summed E-state index contributed by atoms with van der Waals surface area (Å²) in [5, 5.41) is 0. The van der Waals surface area contributed by atoms with Crippen LogP contribution in [0.4, 0.5) is 0 Å². The van der Waals surface area contributed by atoms with Gasteiger partial charge in [0.05, 0.1) is 0 Å². The molecule has 0 saturated heterocycles. The fourth-order valence-corrected chi connectivity index (χ4v) is 1.46. The third-order valence-electron chi connectivity index (χ3n) is 2.28. The molecule has 2 rings (SSSR count). The van der Waals surface area contributed by atoms with Crippen molar-refractivity contribution in [1.82, 2.24) is 0 Å². The average molecular weight is 186 g/mol. The second-order valence-corrected chi connectivity index (χ2v) is 3.32. The molecule has 2 nitrogen and oxygen atoms in total. The number of aryl methyl sites for hydroxylation is 2. The zero-order valence-corrected chi connectivity index (χ0v) is 8.03. The summed E-state index contributed by atoms with van der Waals surface area (Å²) in [4.78, 5) is 6.05. The highest BCUT2D eigenvalue weighted by Crippen LogP contribution is 2.03. The number of rotatable bonds is 3. The smallest absolute Gasteiger partial charge is 0.167 e. The predicted octanol–water partition coefficient (Wildman–Crippen LogP) is 1.10. The molecule has 0 fully saturated rings. The molecule has 2 heteroatoms. The topological polar surface area (TPSA) is 28.3 Å². The molecule has 0 aromatic carbocycles. The summed E-state index contributed by atoms with van der Waals surface area (Å²) in [5.74, 6) is 0. The lowest BCUT2D eigenvalue weighted by molar-refractivity contribution is -0.378. The summed E-state index contributed by atoms with van der Waals surface area (Å²) in [6.45, 7) is 0. The van der Waals surface area contributed by atoms with Crippen LogP contribution in [0.5, 0.6) is 0 Å². The van der Waals surface area contributed by atoms with E-state index >= 15 is 0 Å². The van der Waals surface area contributed by atoms with Gasteiger partial charge >= 0.3 is 0 Å². The van der Waals surface area contributed by atoms with Gasteiger partial charge in [-0.15, -0.1) is 0 Å². The summed E-state index contributed by atoms with van der Waals surface area (Å²) in [6, 6.07) is 8.48. The maximum Gasteiger partial charge on any atom is 0.167 e. The van der Waals surface area contributed by atoms with Crippen LogP contribution in [-0.2, 0) is 12.8 Å². The second kappa shape index (κ2) is 4.51. The Hall–Kier alpha value is -1.70. The van der Waals surface area contributed by atoms with Gasteiger partial charge in [-0.05, 0) is 24.0 Å².